The highest BCUT2D eigenvalue weighted by Gasteiger charge is 2.16. The van der Waals surface area contributed by atoms with Gasteiger partial charge < -0.3 is 29.6 Å². The molecule has 9 nitrogen and oxygen atoms in total. The van der Waals surface area contributed by atoms with Gasteiger partial charge in [-0.05, 0) is 54.1 Å². The van der Waals surface area contributed by atoms with Gasteiger partial charge in [0.15, 0.2) is 23.1 Å². The van der Waals surface area contributed by atoms with Crippen LogP contribution in [0.4, 0.5) is 14.9 Å². The fourth-order valence-corrected chi connectivity index (χ4v) is 4.80. The standard InChI is InChI=1S/C32H37FN4O5/c1-21(2)20-35-32(38)36-23-6-7-24-22(17-23)5-8-28(31(24)33)42-27-9-10-34-26-19-30(29(39-3)18-25(26)27)41-14-4-11-37-12-15-40-16-13-37/h5-10,17-19,21H,4,11-16,20H2,1-3H3,(H2,35,36,38). The van der Waals surface area contributed by atoms with Crippen LogP contribution in [0.2, 0.25) is 0 Å². The number of nitrogens with one attached hydrogen (secondary N) is 2. The average molecular weight is 577 g/mol. The lowest BCUT2D eigenvalue weighted by Gasteiger charge is -2.26. The van der Waals surface area contributed by atoms with Gasteiger partial charge in [0, 0.05) is 54.9 Å². The molecule has 5 rings (SSSR count). The van der Waals surface area contributed by atoms with Crippen molar-refractivity contribution < 1.29 is 28.1 Å². The summed E-state index contributed by atoms with van der Waals surface area (Å²) >= 11 is 0. The number of pyridine rings is 1. The molecule has 1 fully saturated rings. The number of benzene rings is 3. The number of rotatable bonds is 11. The summed E-state index contributed by atoms with van der Waals surface area (Å²) in [6, 6.07) is 13.4. The molecule has 0 aliphatic carbocycles. The first-order chi connectivity index (χ1) is 20.4. The number of amides is 2. The number of halogens is 1. The predicted octanol–water partition coefficient (Wildman–Crippen LogP) is 6.21. The second kappa shape index (κ2) is 13.7. The van der Waals surface area contributed by atoms with E-state index in [1.807, 2.05) is 19.9 Å². The van der Waals surface area contributed by atoms with Crippen LogP contribution in [0.15, 0.2) is 54.7 Å². The Bertz CT molecular complexity index is 1540. The zero-order valence-corrected chi connectivity index (χ0v) is 24.2. The van der Waals surface area contributed by atoms with Crippen LogP contribution in [0.25, 0.3) is 21.7 Å². The second-order valence-corrected chi connectivity index (χ2v) is 10.6. The van der Waals surface area contributed by atoms with E-state index in [4.69, 9.17) is 18.9 Å². The van der Waals surface area contributed by atoms with Gasteiger partial charge in [0.05, 0.1) is 32.4 Å². The molecule has 1 saturated heterocycles. The molecule has 42 heavy (non-hydrogen) atoms. The van der Waals surface area contributed by atoms with E-state index >= 15 is 4.39 Å². The number of hydrogen-bond acceptors (Lipinski definition) is 7. The average Bonchev–Trinajstić information content (AvgIpc) is 3.00. The first kappa shape index (κ1) is 29.3. The van der Waals surface area contributed by atoms with E-state index in [-0.39, 0.29) is 11.8 Å². The van der Waals surface area contributed by atoms with Gasteiger partial charge in [-0.3, -0.25) is 9.88 Å². The number of morpholine rings is 1. The fraction of sp³-hybridized carbons (Fsp3) is 0.375. The lowest BCUT2D eigenvalue weighted by Crippen LogP contribution is -2.37. The number of carbonyl (C=O) groups is 1. The maximum Gasteiger partial charge on any atom is 0.319 e. The molecule has 0 saturated carbocycles. The van der Waals surface area contributed by atoms with Crippen molar-refractivity contribution >= 4 is 33.4 Å². The molecule has 222 valence electrons. The quantitative estimate of drug-likeness (QED) is 0.205. The molecule has 2 amide bonds. The van der Waals surface area contributed by atoms with Gasteiger partial charge in [-0.1, -0.05) is 19.9 Å². The number of methoxy groups -OCH3 is 1. The van der Waals surface area contributed by atoms with E-state index < -0.39 is 5.82 Å². The predicted molar refractivity (Wildman–Crippen MR) is 162 cm³/mol. The SMILES string of the molecule is COc1cc2c(Oc3ccc4cc(NC(=O)NCC(C)C)ccc4c3F)ccnc2cc1OCCCN1CCOCC1. The highest BCUT2D eigenvalue weighted by Crippen LogP contribution is 2.38. The number of hydrogen-bond donors (Lipinski definition) is 2. The van der Waals surface area contributed by atoms with Gasteiger partial charge in [0.1, 0.15) is 5.75 Å². The molecule has 1 aliphatic rings. The third-order valence-corrected chi connectivity index (χ3v) is 7.03. The van der Waals surface area contributed by atoms with Crippen LogP contribution in [0.5, 0.6) is 23.0 Å². The van der Waals surface area contributed by atoms with E-state index in [1.165, 1.54) is 0 Å². The van der Waals surface area contributed by atoms with Crippen molar-refractivity contribution in [3.8, 4) is 23.0 Å². The molecule has 2 heterocycles. The summed E-state index contributed by atoms with van der Waals surface area (Å²) in [6.07, 6.45) is 2.50. The minimum Gasteiger partial charge on any atom is -0.493 e. The third kappa shape index (κ3) is 7.18. The van der Waals surface area contributed by atoms with Crippen LogP contribution in [0.3, 0.4) is 0 Å². The van der Waals surface area contributed by atoms with E-state index in [0.717, 1.165) is 39.3 Å². The molecular weight excluding hydrogens is 539 g/mol. The monoisotopic (exact) mass is 576 g/mol. The molecular formula is C32H37FN4O5. The molecule has 0 bridgehead atoms. The zero-order valence-electron chi connectivity index (χ0n) is 24.2. The number of fused-ring (bicyclic) bond motifs is 2. The molecule has 4 aromatic rings. The number of nitrogens with zero attached hydrogens (tertiary/aromatic N) is 2. The summed E-state index contributed by atoms with van der Waals surface area (Å²) in [4.78, 5) is 19.0. The Morgan fingerprint density at radius 2 is 1.86 bits per heavy atom. The first-order valence-corrected chi connectivity index (χ1v) is 14.3. The molecule has 1 aromatic heterocycles. The Morgan fingerprint density at radius 1 is 1.02 bits per heavy atom. The van der Waals surface area contributed by atoms with Crippen LogP contribution in [0, 0.1) is 11.7 Å². The molecule has 1 aliphatic heterocycles. The summed E-state index contributed by atoms with van der Waals surface area (Å²) in [5.74, 6) is 1.49. The third-order valence-electron chi connectivity index (χ3n) is 7.03. The van der Waals surface area contributed by atoms with E-state index in [9.17, 15) is 4.79 Å². The number of anilines is 1. The van der Waals surface area contributed by atoms with Gasteiger partial charge in [-0.2, -0.15) is 0 Å². The van der Waals surface area contributed by atoms with Crippen molar-refractivity contribution in [2.45, 2.75) is 20.3 Å². The number of urea groups is 1. The van der Waals surface area contributed by atoms with Gasteiger partial charge in [-0.15, -0.1) is 0 Å². The van der Waals surface area contributed by atoms with Crippen LogP contribution < -0.4 is 24.8 Å². The summed E-state index contributed by atoms with van der Waals surface area (Å²) in [5.41, 5.74) is 1.22. The van der Waals surface area contributed by atoms with Gasteiger partial charge in [0.2, 0.25) is 0 Å². The number of ether oxygens (including phenoxy) is 4. The molecule has 0 spiro atoms. The normalized spacial score (nSPS) is 13.8. The Labute approximate surface area is 244 Å². The van der Waals surface area contributed by atoms with Crippen molar-refractivity contribution in [2.75, 3.05) is 58.4 Å². The summed E-state index contributed by atoms with van der Waals surface area (Å²) < 4.78 is 38.7. The van der Waals surface area contributed by atoms with Crippen LogP contribution >= 0.6 is 0 Å². The number of carbonyl (C=O) groups excluding carboxylic acids is 1. The van der Waals surface area contributed by atoms with Crippen molar-refractivity contribution in [2.24, 2.45) is 5.92 Å². The van der Waals surface area contributed by atoms with Crippen LogP contribution in [0.1, 0.15) is 20.3 Å². The minimum absolute atomic E-state index is 0.0767. The molecule has 2 N–H and O–H groups in total. The largest absolute Gasteiger partial charge is 0.493 e. The first-order valence-electron chi connectivity index (χ1n) is 14.3. The molecule has 0 unspecified atom stereocenters. The lowest BCUT2D eigenvalue weighted by molar-refractivity contribution is 0.0357. The minimum atomic E-state index is -0.500. The highest BCUT2D eigenvalue weighted by atomic mass is 19.1. The van der Waals surface area contributed by atoms with Crippen molar-refractivity contribution in [1.29, 1.82) is 0 Å². The van der Waals surface area contributed by atoms with Crippen LogP contribution in [-0.2, 0) is 4.74 Å². The van der Waals surface area contributed by atoms with Gasteiger partial charge >= 0.3 is 6.03 Å². The lowest BCUT2D eigenvalue weighted by atomic mass is 10.1. The Hall–Kier alpha value is -4.15. The van der Waals surface area contributed by atoms with E-state index in [1.54, 1.807) is 55.8 Å². The second-order valence-electron chi connectivity index (χ2n) is 10.6. The maximum atomic E-state index is 15.6. The molecule has 10 heteroatoms. The highest BCUT2D eigenvalue weighted by molar-refractivity contribution is 5.94. The smallest absolute Gasteiger partial charge is 0.319 e. The van der Waals surface area contributed by atoms with Crippen molar-refractivity contribution in [3.05, 3.63) is 60.5 Å². The van der Waals surface area contributed by atoms with E-state index in [0.29, 0.717) is 63.7 Å². The van der Waals surface area contributed by atoms with Gasteiger partial charge in [0.25, 0.3) is 0 Å². The Kier molecular flexibility index (Phi) is 9.55. The van der Waals surface area contributed by atoms with E-state index in [2.05, 4.69) is 20.5 Å². The zero-order chi connectivity index (χ0) is 29.5. The molecule has 3 aromatic carbocycles. The van der Waals surface area contributed by atoms with Crippen molar-refractivity contribution in [1.82, 2.24) is 15.2 Å². The molecule has 0 atom stereocenters. The summed E-state index contributed by atoms with van der Waals surface area (Å²) in [7, 11) is 1.58. The summed E-state index contributed by atoms with van der Waals surface area (Å²) in [5, 5.41) is 7.28. The number of aromatic nitrogens is 1. The topological polar surface area (TPSA) is 94.2 Å². The maximum absolute atomic E-state index is 15.6. The summed E-state index contributed by atoms with van der Waals surface area (Å²) in [6.45, 7) is 9.52. The van der Waals surface area contributed by atoms with Crippen LogP contribution in [-0.4, -0.2) is 69.0 Å². The van der Waals surface area contributed by atoms with Crippen molar-refractivity contribution in [3.63, 3.8) is 0 Å². The van der Waals surface area contributed by atoms with Gasteiger partial charge in [-0.25, -0.2) is 9.18 Å². The fourth-order valence-electron chi connectivity index (χ4n) is 4.80. The Balaban J connectivity index is 1.30. The molecule has 0 radical (unpaired) electrons. The Morgan fingerprint density at radius 3 is 2.64 bits per heavy atom.